The van der Waals surface area contributed by atoms with Crippen molar-refractivity contribution in [2.24, 2.45) is 11.1 Å². The lowest BCUT2D eigenvalue weighted by molar-refractivity contribution is -0.142. The second-order valence-electron chi connectivity index (χ2n) is 19.8. The number of thiazole rings is 1. The van der Waals surface area contributed by atoms with Gasteiger partial charge in [0.05, 0.1) is 33.9 Å². The largest absolute Gasteiger partial charge is 0.507 e. The Labute approximate surface area is 415 Å². The van der Waals surface area contributed by atoms with Crippen LogP contribution in [0.5, 0.6) is 5.75 Å². The van der Waals surface area contributed by atoms with E-state index in [0.717, 1.165) is 53.8 Å². The van der Waals surface area contributed by atoms with Crippen LogP contribution in [0.25, 0.3) is 21.7 Å². The number of halogens is 1. The number of phenolic OH excluding ortho intramolecular Hbond substituents is 1. The molecule has 0 bridgehead atoms. The number of likely N-dealkylation sites (tertiary alicyclic amines) is 1. The van der Waals surface area contributed by atoms with Gasteiger partial charge in [-0.1, -0.05) is 101 Å². The highest BCUT2D eigenvalue weighted by molar-refractivity contribution is 7.13. The number of aliphatic hydroxyl groups is 2. The summed E-state index contributed by atoms with van der Waals surface area (Å²) >= 11 is 1.59. The van der Waals surface area contributed by atoms with Crippen LogP contribution < -0.4 is 27.2 Å². The Balaban J connectivity index is 0.780. The Hall–Kier alpha value is -5.85. The lowest BCUT2D eigenvalue weighted by Crippen LogP contribution is -2.58. The van der Waals surface area contributed by atoms with E-state index in [0.29, 0.717) is 80.1 Å². The predicted molar refractivity (Wildman–Crippen MR) is 271 cm³/mol. The number of amides is 3. The van der Waals surface area contributed by atoms with Crippen LogP contribution in [0, 0.1) is 18.2 Å². The average Bonchev–Trinajstić information content (AvgIpc) is 3.96. The van der Waals surface area contributed by atoms with Crippen LogP contribution in [0.1, 0.15) is 107 Å². The van der Waals surface area contributed by atoms with Crippen LogP contribution in [0.15, 0.2) is 84.1 Å². The van der Waals surface area contributed by atoms with Crippen molar-refractivity contribution in [2.45, 2.75) is 123 Å². The standard InChI is InChI=1S/C53H70FN9O6S/c1-34-48(70-33-57-34)36-22-20-35(21-23-36)30-56-51(68)43-28-38(64)32-63(43)52(69)49(53(2,3)4)58-45(66)18-9-7-5-6-8-10-19-46(67)62-26-24-61(25-27-62)31-37-14-13-16-39(47(37)54)41-29-42(59-60-50(41)55)40-15-11-12-17-44(40)65/h11-17,20-23,29,33,38,43,49,51,56,59-60,64-65,68H,5-10,18-19,24-28,30-32,55H2,1-4H3,(H,58,66)/t38-,43+,49-,51?/m1/s1. The molecular formula is C53H70FN9O6S. The number of para-hydroxylation sites is 1. The minimum absolute atomic E-state index is 0.0745. The molecule has 3 aromatic carbocycles. The van der Waals surface area contributed by atoms with Crippen molar-refractivity contribution in [3.63, 3.8) is 0 Å². The summed E-state index contributed by atoms with van der Waals surface area (Å²) in [7, 11) is 0. The van der Waals surface area contributed by atoms with Crippen molar-refractivity contribution >= 4 is 40.3 Å². The molecule has 4 aromatic rings. The minimum atomic E-state index is -1.08. The number of hydrogen-bond acceptors (Lipinski definition) is 13. The number of nitrogens with one attached hydrogen (secondary N) is 4. The number of phenols is 1. The molecule has 15 nitrogen and oxygen atoms in total. The lowest BCUT2D eigenvalue weighted by atomic mass is 9.85. The van der Waals surface area contributed by atoms with E-state index in [-0.39, 0.29) is 54.5 Å². The summed E-state index contributed by atoms with van der Waals surface area (Å²) in [5, 5.41) is 38.4. The Morgan fingerprint density at radius 3 is 2.29 bits per heavy atom. The number of piperazine rings is 1. The van der Waals surface area contributed by atoms with E-state index >= 15 is 4.39 Å². The van der Waals surface area contributed by atoms with Crippen molar-refractivity contribution in [1.29, 1.82) is 0 Å². The number of carbonyl (C=O) groups excluding carboxylic acids is 3. The average molecular weight is 980 g/mol. The van der Waals surface area contributed by atoms with Crippen LogP contribution in [0.4, 0.5) is 4.39 Å². The zero-order chi connectivity index (χ0) is 50.0. The Bertz CT molecular complexity index is 2500. The number of unbranched alkanes of at least 4 members (excludes halogenated alkanes) is 5. The highest BCUT2D eigenvalue weighted by atomic mass is 32.1. The molecule has 376 valence electrons. The third-order valence-corrected chi connectivity index (χ3v) is 14.5. The molecule has 1 aromatic heterocycles. The first-order valence-corrected chi connectivity index (χ1v) is 25.4. The summed E-state index contributed by atoms with van der Waals surface area (Å²) in [6, 6.07) is 18.7. The first-order valence-electron chi connectivity index (χ1n) is 24.6. The fourth-order valence-corrected chi connectivity index (χ4v) is 10.2. The molecule has 3 aliphatic heterocycles. The highest BCUT2D eigenvalue weighted by Crippen LogP contribution is 2.32. The quantitative estimate of drug-likeness (QED) is 0.0373. The monoisotopic (exact) mass is 980 g/mol. The predicted octanol–water partition coefficient (Wildman–Crippen LogP) is 6.11. The van der Waals surface area contributed by atoms with Gasteiger partial charge in [-0.3, -0.25) is 35.5 Å². The lowest BCUT2D eigenvalue weighted by Gasteiger charge is -2.37. The molecular weight excluding hydrogens is 910 g/mol. The number of β-amino-alcohol motifs (C(OH)–C–C–N with tert-alkyl or cyclic N) is 1. The Kier molecular flexibility index (Phi) is 17.7. The van der Waals surface area contributed by atoms with Gasteiger partial charge in [0, 0.05) is 80.9 Å². The van der Waals surface area contributed by atoms with Crippen molar-refractivity contribution in [1.82, 2.24) is 41.2 Å². The van der Waals surface area contributed by atoms with Crippen LogP contribution in [-0.4, -0.2) is 110 Å². The smallest absolute Gasteiger partial charge is 0.246 e. The molecule has 0 saturated carbocycles. The number of aromatic hydroxyl groups is 1. The van der Waals surface area contributed by atoms with Crippen LogP contribution in [0.2, 0.25) is 0 Å². The molecule has 4 heterocycles. The maximum atomic E-state index is 16.0. The van der Waals surface area contributed by atoms with E-state index in [1.807, 2.05) is 68.4 Å². The second kappa shape index (κ2) is 23.8. The molecule has 7 rings (SSSR count). The zero-order valence-corrected chi connectivity index (χ0v) is 41.7. The molecule has 0 spiro atoms. The number of allylic oxidation sites excluding steroid dienone is 2. The molecule has 3 aliphatic rings. The molecule has 0 aliphatic carbocycles. The van der Waals surface area contributed by atoms with Crippen molar-refractivity contribution in [2.75, 3.05) is 32.7 Å². The summed E-state index contributed by atoms with van der Waals surface area (Å²) < 4.78 is 16.0. The number of nitrogens with zero attached hydrogens (tertiary/aromatic N) is 4. The summed E-state index contributed by atoms with van der Waals surface area (Å²) in [5.41, 5.74) is 18.8. The zero-order valence-electron chi connectivity index (χ0n) is 40.8. The topological polar surface area (TPSA) is 209 Å². The molecule has 1 unspecified atom stereocenters. The van der Waals surface area contributed by atoms with E-state index in [2.05, 4.69) is 31.4 Å². The number of aliphatic hydroxyl groups excluding tert-OH is 2. The van der Waals surface area contributed by atoms with Gasteiger partial charge in [0.15, 0.2) is 0 Å². The molecule has 70 heavy (non-hydrogen) atoms. The second-order valence-corrected chi connectivity index (χ2v) is 20.7. The van der Waals surface area contributed by atoms with Gasteiger partial charge in [0.25, 0.3) is 0 Å². The Morgan fingerprint density at radius 1 is 0.914 bits per heavy atom. The number of nitrogens with two attached hydrogens (primary N) is 1. The van der Waals surface area contributed by atoms with Gasteiger partial charge >= 0.3 is 0 Å². The van der Waals surface area contributed by atoms with Gasteiger partial charge in [-0.25, -0.2) is 9.37 Å². The van der Waals surface area contributed by atoms with E-state index < -0.39 is 29.8 Å². The molecule has 0 radical (unpaired) electrons. The van der Waals surface area contributed by atoms with Crippen molar-refractivity contribution in [3.05, 3.63) is 118 Å². The summed E-state index contributed by atoms with van der Waals surface area (Å²) in [4.78, 5) is 51.4. The number of hydrogen-bond donors (Lipinski definition) is 8. The maximum absolute atomic E-state index is 16.0. The summed E-state index contributed by atoms with van der Waals surface area (Å²) in [6.07, 6.45) is 5.92. The fraction of sp³-hybridized carbons (Fsp3) is 0.472. The molecule has 9 N–H and O–H groups in total. The van der Waals surface area contributed by atoms with E-state index in [1.54, 1.807) is 53.8 Å². The van der Waals surface area contributed by atoms with Gasteiger partial charge in [-0.2, -0.15) is 0 Å². The SMILES string of the molecule is Cc1ncsc1-c1ccc(CNC(O)[C@@H]2C[C@@H](O)CN2C(=O)[C@@H](NC(=O)CCCCCCCCC(=O)N2CCN(Cc3cccc(C4=C(N)NNC(c5ccccc5O)=C4)c3F)CC2)C(C)(C)C)cc1. The van der Waals surface area contributed by atoms with Crippen LogP contribution in [0.3, 0.4) is 0 Å². The number of aryl methyl sites for hydroxylation is 1. The van der Waals surface area contributed by atoms with E-state index in [9.17, 15) is 29.7 Å². The third kappa shape index (κ3) is 13.3. The molecule has 4 atom stereocenters. The number of aromatic nitrogens is 1. The Morgan fingerprint density at radius 2 is 1.60 bits per heavy atom. The normalized spacial score (nSPS) is 18.5. The van der Waals surface area contributed by atoms with Gasteiger partial charge < -0.3 is 36.2 Å². The highest BCUT2D eigenvalue weighted by Gasteiger charge is 2.44. The summed E-state index contributed by atoms with van der Waals surface area (Å²) in [5.74, 6) is -0.411. The molecule has 17 heteroatoms. The number of rotatable bonds is 20. The first kappa shape index (κ1) is 52.0. The number of carbonyl (C=O) groups is 3. The van der Waals surface area contributed by atoms with Gasteiger partial charge in [-0.15, -0.1) is 11.3 Å². The van der Waals surface area contributed by atoms with Gasteiger partial charge in [0.1, 0.15) is 29.7 Å². The van der Waals surface area contributed by atoms with Crippen molar-refractivity contribution < 1.29 is 34.1 Å². The molecule has 3 amide bonds. The maximum Gasteiger partial charge on any atom is 0.246 e. The van der Waals surface area contributed by atoms with Gasteiger partial charge in [0.2, 0.25) is 17.7 Å². The third-order valence-electron chi connectivity index (χ3n) is 13.5. The summed E-state index contributed by atoms with van der Waals surface area (Å²) in [6.45, 7) is 10.9. The number of hydrazine groups is 1. The molecule has 2 fully saturated rings. The van der Waals surface area contributed by atoms with E-state index in [1.165, 1.54) is 4.90 Å². The first-order chi connectivity index (χ1) is 33.6. The van der Waals surface area contributed by atoms with Gasteiger partial charge in [-0.05, 0) is 60.9 Å². The van der Waals surface area contributed by atoms with E-state index in [4.69, 9.17) is 5.73 Å². The minimum Gasteiger partial charge on any atom is -0.507 e. The fourth-order valence-electron chi connectivity index (χ4n) is 9.42. The number of benzene rings is 3. The van der Waals surface area contributed by atoms with Crippen molar-refractivity contribution in [3.8, 4) is 16.2 Å². The molecule has 2 saturated heterocycles. The van der Waals surface area contributed by atoms with Crippen LogP contribution in [-0.2, 0) is 27.5 Å². The van der Waals surface area contributed by atoms with Crippen LogP contribution >= 0.6 is 11.3 Å².